The topological polar surface area (TPSA) is 84.3 Å². The van der Waals surface area contributed by atoms with Gasteiger partial charge in [-0.25, -0.2) is 17.5 Å². The van der Waals surface area contributed by atoms with Crippen molar-refractivity contribution in [3.63, 3.8) is 0 Å². The molecule has 1 aromatic heterocycles. The summed E-state index contributed by atoms with van der Waals surface area (Å²) in [6.07, 6.45) is 2.71. The van der Waals surface area contributed by atoms with Crippen LogP contribution in [-0.4, -0.2) is 41.5 Å². The largest absolute Gasteiger partial charge is 0.311 e. The van der Waals surface area contributed by atoms with E-state index in [9.17, 15) is 17.6 Å². The van der Waals surface area contributed by atoms with Gasteiger partial charge in [0.15, 0.2) is 0 Å². The third-order valence-corrected chi connectivity index (χ3v) is 7.61. The van der Waals surface area contributed by atoms with Gasteiger partial charge in [-0.2, -0.15) is 9.40 Å². The second kappa shape index (κ2) is 9.40. The van der Waals surface area contributed by atoms with Gasteiger partial charge >= 0.3 is 0 Å². The second-order valence-corrected chi connectivity index (χ2v) is 9.97. The van der Waals surface area contributed by atoms with Crippen LogP contribution >= 0.6 is 11.6 Å². The van der Waals surface area contributed by atoms with Gasteiger partial charge in [0.1, 0.15) is 11.6 Å². The van der Waals surface area contributed by atoms with Crippen molar-refractivity contribution in [2.45, 2.75) is 24.3 Å². The number of hydrogen-bond donors (Lipinski definition) is 1. The lowest BCUT2D eigenvalue weighted by atomic mass is 9.99. The van der Waals surface area contributed by atoms with Crippen LogP contribution < -0.4 is 5.32 Å². The molecule has 168 valence electrons. The summed E-state index contributed by atoms with van der Waals surface area (Å²) in [7, 11) is -3.66. The quantitative estimate of drug-likeness (QED) is 0.587. The predicted octanol–water partition coefficient (Wildman–Crippen LogP) is 3.76. The summed E-state index contributed by atoms with van der Waals surface area (Å²) in [5.41, 5.74) is 0.642. The first kappa shape index (κ1) is 22.4. The van der Waals surface area contributed by atoms with Crippen molar-refractivity contribution >= 4 is 33.3 Å². The van der Waals surface area contributed by atoms with Gasteiger partial charge in [0, 0.05) is 19.2 Å². The van der Waals surface area contributed by atoms with Crippen molar-refractivity contribution in [3.05, 3.63) is 77.2 Å². The lowest BCUT2D eigenvalue weighted by Gasteiger charge is -2.31. The molecule has 4 rings (SSSR count). The van der Waals surface area contributed by atoms with Crippen molar-refractivity contribution in [1.29, 1.82) is 0 Å². The van der Waals surface area contributed by atoms with Gasteiger partial charge in [-0.3, -0.25) is 4.79 Å². The highest BCUT2D eigenvalue weighted by atomic mass is 35.5. The van der Waals surface area contributed by atoms with Gasteiger partial charge in [0.2, 0.25) is 15.9 Å². The Morgan fingerprint density at radius 3 is 2.72 bits per heavy atom. The first-order chi connectivity index (χ1) is 15.3. The Morgan fingerprint density at radius 2 is 1.97 bits per heavy atom. The maximum atomic E-state index is 13.7. The van der Waals surface area contributed by atoms with E-state index in [1.807, 2.05) is 0 Å². The number of carbonyl (C=O) groups excluding carboxylic acids is 1. The van der Waals surface area contributed by atoms with Gasteiger partial charge in [-0.1, -0.05) is 35.9 Å². The average molecular weight is 477 g/mol. The molecule has 1 saturated heterocycles. The number of nitrogens with one attached hydrogen (secondary N) is 1. The Kier molecular flexibility index (Phi) is 6.59. The number of benzene rings is 2. The first-order valence-corrected chi connectivity index (χ1v) is 12.0. The van der Waals surface area contributed by atoms with Crippen molar-refractivity contribution in [2.75, 3.05) is 18.4 Å². The van der Waals surface area contributed by atoms with Crippen LogP contribution in [0.3, 0.4) is 0 Å². The molecule has 1 fully saturated rings. The molecule has 0 bridgehead atoms. The Bertz CT molecular complexity index is 1220. The number of nitrogens with zero attached hydrogens (tertiary/aromatic N) is 3. The molecule has 1 aliphatic heterocycles. The molecule has 32 heavy (non-hydrogen) atoms. The zero-order valence-electron chi connectivity index (χ0n) is 17.1. The minimum Gasteiger partial charge on any atom is -0.311 e. The Balaban J connectivity index is 1.44. The average Bonchev–Trinajstić information content (AvgIpc) is 3.23. The molecule has 1 amide bonds. The van der Waals surface area contributed by atoms with Crippen LogP contribution in [0.15, 0.2) is 65.7 Å². The van der Waals surface area contributed by atoms with Crippen LogP contribution in [0, 0.1) is 11.7 Å². The van der Waals surface area contributed by atoms with Crippen LogP contribution in [0.25, 0.3) is 0 Å². The summed E-state index contributed by atoms with van der Waals surface area (Å²) < 4.78 is 42.5. The van der Waals surface area contributed by atoms with Gasteiger partial charge in [0.25, 0.3) is 0 Å². The van der Waals surface area contributed by atoms with E-state index in [1.165, 1.54) is 22.6 Å². The SMILES string of the molecule is O=C(Nc1ccnn1Cc1ccc(Cl)c(F)c1)C1CCCN(S(=O)(=O)c2ccccc2)C1. The number of sulfonamides is 1. The minimum absolute atomic E-state index is 0.0371. The monoisotopic (exact) mass is 476 g/mol. The predicted molar refractivity (Wildman–Crippen MR) is 119 cm³/mol. The Hall–Kier alpha value is -2.75. The van der Waals surface area contributed by atoms with Gasteiger partial charge < -0.3 is 5.32 Å². The molecular formula is C22H22ClFN4O3S. The number of halogens is 2. The summed E-state index contributed by atoms with van der Waals surface area (Å²) in [6.45, 7) is 0.733. The molecule has 1 aliphatic rings. The summed E-state index contributed by atoms with van der Waals surface area (Å²) >= 11 is 5.73. The molecule has 0 aliphatic carbocycles. The number of rotatable bonds is 6. The highest BCUT2D eigenvalue weighted by molar-refractivity contribution is 7.89. The summed E-state index contributed by atoms with van der Waals surface area (Å²) in [4.78, 5) is 13.1. The van der Waals surface area contributed by atoms with E-state index in [2.05, 4.69) is 10.4 Å². The normalized spacial score (nSPS) is 17.2. The maximum absolute atomic E-state index is 13.7. The molecule has 0 spiro atoms. The van der Waals surface area contributed by atoms with Crippen molar-refractivity contribution < 1.29 is 17.6 Å². The standard InChI is InChI=1S/C22H22ClFN4O3S/c23-19-9-8-16(13-20(19)24)14-28-21(10-11-25-28)26-22(29)17-5-4-12-27(15-17)32(30,31)18-6-2-1-3-7-18/h1-3,6-11,13,17H,4-5,12,14-15H2,(H,26,29). The molecule has 1 atom stereocenters. The zero-order valence-corrected chi connectivity index (χ0v) is 18.7. The van der Waals surface area contributed by atoms with Gasteiger partial charge in [0.05, 0.1) is 28.6 Å². The Labute approximate surface area is 190 Å². The molecular weight excluding hydrogens is 455 g/mol. The maximum Gasteiger partial charge on any atom is 0.243 e. The van der Waals surface area contributed by atoms with E-state index in [0.29, 0.717) is 30.8 Å². The third-order valence-electron chi connectivity index (χ3n) is 5.42. The summed E-state index contributed by atoms with van der Waals surface area (Å²) in [5, 5.41) is 7.07. The van der Waals surface area contributed by atoms with E-state index >= 15 is 0 Å². The number of amides is 1. The van der Waals surface area contributed by atoms with E-state index < -0.39 is 21.8 Å². The minimum atomic E-state index is -3.66. The van der Waals surface area contributed by atoms with Gasteiger partial charge in [-0.15, -0.1) is 0 Å². The van der Waals surface area contributed by atoms with E-state index in [4.69, 9.17) is 11.6 Å². The fourth-order valence-electron chi connectivity index (χ4n) is 3.72. The number of aromatic nitrogens is 2. The number of anilines is 1. The molecule has 2 heterocycles. The smallest absolute Gasteiger partial charge is 0.243 e. The lowest BCUT2D eigenvalue weighted by Crippen LogP contribution is -2.43. The van der Waals surface area contributed by atoms with Gasteiger partial charge in [-0.05, 0) is 42.7 Å². The highest BCUT2D eigenvalue weighted by Crippen LogP contribution is 2.25. The van der Waals surface area contributed by atoms with Crippen LogP contribution in [0.2, 0.25) is 5.02 Å². The number of piperidine rings is 1. The van der Waals surface area contributed by atoms with Crippen molar-refractivity contribution in [3.8, 4) is 0 Å². The van der Waals surface area contributed by atoms with E-state index in [1.54, 1.807) is 47.1 Å². The second-order valence-electron chi connectivity index (χ2n) is 7.63. The molecule has 0 saturated carbocycles. The van der Waals surface area contributed by atoms with Crippen LogP contribution in [-0.2, 0) is 21.4 Å². The molecule has 1 N–H and O–H groups in total. The number of hydrogen-bond acceptors (Lipinski definition) is 4. The van der Waals surface area contributed by atoms with Crippen LogP contribution in [0.5, 0.6) is 0 Å². The van der Waals surface area contributed by atoms with Crippen molar-refractivity contribution in [1.82, 2.24) is 14.1 Å². The van der Waals surface area contributed by atoms with Crippen LogP contribution in [0.4, 0.5) is 10.2 Å². The molecule has 0 radical (unpaired) electrons. The summed E-state index contributed by atoms with van der Waals surface area (Å²) in [6, 6.07) is 14.3. The van der Waals surface area contributed by atoms with E-state index in [-0.39, 0.29) is 28.9 Å². The fourth-order valence-corrected chi connectivity index (χ4v) is 5.38. The van der Waals surface area contributed by atoms with E-state index in [0.717, 1.165) is 0 Å². The highest BCUT2D eigenvalue weighted by Gasteiger charge is 2.33. The fraction of sp³-hybridized carbons (Fsp3) is 0.273. The molecule has 7 nitrogen and oxygen atoms in total. The zero-order chi connectivity index (χ0) is 22.7. The molecule has 1 unspecified atom stereocenters. The number of carbonyl (C=O) groups is 1. The lowest BCUT2D eigenvalue weighted by molar-refractivity contribution is -0.120. The third kappa shape index (κ3) is 4.85. The molecule has 10 heteroatoms. The van der Waals surface area contributed by atoms with Crippen LogP contribution in [0.1, 0.15) is 18.4 Å². The summed E-state index contributed by atoms with van der Waals surface area (Å²) in [5.74, 6) is -0.835. The molecule has 3 aromatic rings. The Morgan fingerprint density at radius 1 is 1.19 bits per heavy atom. The first-order valence-electron chi connectivity index (χ1n) is 10.2. The van der Waals surface area contributed by atoms with Crippen molar-refractivity contribution in [2.24, 2.45) is 5.92 Å². The molecule has 2 aromatic carbocycles.